The van der Waals surface area contributed by atoms with Crippen LogP contribution in [0.15, 0.2) is 30.3 Å². The van der Waals surface area contributed by atoms with Gasteiger partial charge in [0.1, 0.15) is 0 Å². The van der Waals surface area contributed by atoms with Crippen LogP contribution >= 0.6 is 0 Å². The molecule has 4 heteroatoms. The Labute approximate surface area is 140 Å². The summed E-state index contributed by atoms with van der Waals surface area (Å²) in [5, 5.41) is 0. The summed E-state index contributed by atoms with van der Waals surface area (Å²) in [6, 6.07) is 10.3. The normalized spacial score (nSPS) is 18.2. The largest absolute Gasteiger partial charge is 0.381 e. The van der Waals surface area contributed by atoms with E-state index in [1.54, 1.807) is 0 Å². The molecule has 0 radical (unpaired) electrons. The molecule has 2 rings (SSSR count). The summed E-state index contributed by atoms with van der Waals surface area (Å²) in [6.45, 7) is 4.62. The standard InChI is InChI=1S/C19H30O4/c1-2-9-18(10-3-1)17-21-13-7-6-12-20-14-8-16-23-19-11-4-5-15-22-19/h1-3,9-10,19H,4-8,11-17H2. The van der Waals surface area contributed by atoms with E-state index in [1.807, 2.05) is 18.2 Å². The Hall–Kier alpha value is -0.940. The molecule has 1 saturated heterocycles. The molecule has 0 spiro atoms. The van der Waals surface area contributed by atoms with Crippen LogP contribution in [0.1, 0.15) is 44.1 Å². The van der Waals surface area contributed by atoms with Gasteiger partial charge < -0.3 is 18.9 Å². The maximum Gasteiger partial charge on any atom is 0.157 e. The van der Waals surface area contributed by atoms with E-state index in [4.69, 9.17) is 18.9 Å². The lowest BCUT2D eigenvalue weighted by Crippen LogP contribution is -2.23. The molecule has 0 aromatic heterocycles. The van der Waals surface area contributed by atoms with Crippen LogP contribution in [0.2, 0.25) is 0 Å². The van der Waals surface area contributed by atoms with Gasteiger partial charge in [0.05, 0.1) is 13.2 Å². The van der Waals surface area contributed by atoms with E-state index in [2.05, 4.69) is 12.1 Å². The zero-order valence-corrected chi connectivity index (χ0v) is 14.1. The number of benzene rings is 1. The van der Waals surface area contributed by atoms with Gasteiger partial charge in [-0.05, 0) is 44.1 Å². The molecule has 0 amide bonds. The number of ether oxygens (including phenoxy) is 4. The summed E-state index contributed by atoms with van der Waals surface area (Å²) in [7, 11) is 0. The Balaban J connectivity index is 1.30. The second-order valence-electron chi connectivity index (χ2n) is 5.88. The summed E-state index contributed by atoms with van der Waals surface area (Å²) < 4.78 is 22.4. The van der Waals surface area contributed by atoms with Gasteiger partial charge in [0, 0.05) is 26.4 Å². The van der Waals surface area contributed by atoms with E-state index in [9.17, 15) is 0 Å². The first kappa shape index (κ1) is 18.4. The van der Waals surface area contributed by atoms with E-state index in [1.165, 1.54) is 12.0 Å². The molecule has 130 valence electrons. The Bertz CT molecular complexity index is 376. The van der Waals surface area contributed by atoms with E-state index < -0.39 is 0 Å². The molecule has 4 nitrogen and oxygen atoms in total. The van der Waals surface area contributed by atoms with Crippen LogP contribution in [-0.2, 0) is 25.6 Å². The molecular formula is C19H30O4. The topological polar surface area (TPSA) is 36.9 Å². The second-order valence-corrected chi connectivity index (χ2v) is 5.88. The highest BCUT2D eigenvalue weighted by molar-refractivity contribution is 5.13. The lowest BCUT2D eigenvalue weighted by atomic mass is 10.2. The van der Waals surface area contributed by atoms with Crippen molar-refractivity contribution in [1.82, 2.24) is 0 Å². The molecule has 1 fully saturated rings. The van der Waals surface area contributed by atoms with Crippen molar-refractivity contribution in [2.24, 2.45) is 0 Å². The zero-order valence-electron chi connectivity index (χ0n) is 14.1. The van der Waals surface area contributed by atoms with E-state index in [0.717, 1.165) is 65.1 Å². The minimum atomic E-state index is 0.0190. The second kappa shape index (κ2) is 12.5. The average Bonchev–Trinajstić information content (AvgIpc) is 2.61. The van der Waals surface area contributed by atoms with Crippen molar-refractivity contribution in [3.05, 3.63) is 35.9 Å². The SMILES string of the molecule is c1ccc(COCCCCOCCCOC2CCCCO2)cc1. The van der Waals surface area contributed by atoms with Crippen molar-refractivity contribution >= 4 is 0 Å². The smallest absolute Gasteiger partial charge is 0.157 e. The third-order valence-electron chi connectivity index (χ3n) is 3.81. The van der Waals surface area contributed by atoms with E-state index in [-0.39, 0.29) is 6.29 Å². The van der Waals surface area contributed by atoms with Gasteiger partial charge in [-0.2, -0.15) is 0 Å². The molecular weight excluding hydrogens is 292 g/mol. The van der Waals surface area contributed by atoms with Crippen LogP contribution in [0.4, 0.5) is 0 Å². The average molecular weight is 322 g/mol. The Kier molecular flexibility index (Phi) is 9.98. The van der Waals surface area contributed by atoms with Crippen molar-refractivity contribution < 1.29 is 18.9 Å². The van der Waals surface area contributed by atoms with Gasteiger partial charge in [0.2, 0.25) is 0 Å². The van der Waals surface area contributed by atoms with Crippen LogP contribution in [0.3, 0.4) is 0 Å². The van der Waals surface area contributed by atoms with Gasteiger partial charge >= 0.3 is 0 Å². The third kappa shape index (κ3) is 9.06. The molecule has 1 unspecified atom stereocenters. The van der Waals surface area contributed by atoms with Crippen LogP contribution in [0.25, 0.3) is 0 Å². The highest BCUT2D eigenvalue weighted by Gasteiger charge is 2.13. The molecule has 1 aliphatic heterocycles. The maximum absolute atomic E-state index is 5.66. The molecule has 0 aliphatic carbocycles. The van der Waals surface area contributed by atoms with Gasteiger partial charge in [-0.1, -0.05) is 30.3 Å². The molecule has 23 heavy (non-hydrogen) atoms. The van der Waals surface area contributed by atoms with Crippen molar-refractivity contribution in [3.8, 4) is 0 Å². The Morgan fingerprint density at radius 1 is 0.870 bits per heavy atom. The van der Waals surface area contributed by atoms with E-state index >= 15 is 0 Å². The molecule has 1 aromatic carbocycles. The van der Waals surface area contributed by atoms with Crippen LogP contribution < -0.4 is 0 Å². The minimum absolute atomic E-state index is 0.0190. The first-order valence-electron chi connectivity index (χ1n) is 8.88. The summed E-state index contributed by atoms with van der Waals surface area (Å²) >= 11 is 0. The number of unbranched alkanes of at least 4 members (excludes halogenated alkanes) is 1. The summed E-state index contributed by atoms with van der Waals surface area (Å²) in [4.78, 5) is 0. The van der Waals surface area contributed by atoms with Crippen molar-refractivity contribution in [1.29, 1.82) is 0 Å². The lowest BCUT2D eigenvalue weighted by Gasteiger charge is -2.22. The van der Waals surface area contributed by atoms with Gasteiger partial charge in [-0.15, -0.1) is 0 Å². The predicted molar refractivity (Wildman–Crippen MR) is 90.3 cm³/mol. The van der Waals surface area contributed by atoms with Gasteiger partial charge in [0.25, 0.3) is 0 Å². The molecule has 1 aromatic rings. The van der Waals surface area contributed by atoms with E-state index in [0.29, 0.717) is 6.61 Å². The number of rotatable bonds is 12. The molecule has 0 saturated carbocycles. The van der Waals surface area contributed by atoms with Gasteiger partial charge in [-0.25, -0.2) is 0 Å². The molecule has 0 N–H and O–H groups in total. The minimum Gasteiger partial charge on any atom is -0.381 e. The molecule has 1 heterocycles. The quantitative estimate of drug-likeness (QED) is 0.546. The Morgan fingerprint density at radius 2 is 1.65 bits per heavy atom. The first-order chi connectivity index (χ1) is 11.4. The summed E-state index contributed by atoms with van der Waals surface area (Å²) in [5.74, 6) is 0. The van der Waals surface area contributed by atoms with Crippen molar-refractivity contribution in [2.75, 3.05) is 33.0 Å². The summed E-state index contributed by atoms with van der Waals surface area (Å²) in [5.41, 5.74) is 1.23. The van der Waals surface area contributed by atoms with Crippen molar-refractivity contribution in [3.63, 3.8) is 0 Å². The van der Waals surface area contributed by atoms with Gasteiger partial charge in [-0.3, -0.25) is 0 Å². The molecule has 0 bridgehead atoms. The molecule has 1 aliphatic rings. The highest BCUT2D eigenvalue weighted by Crippen LogP contribution is 2.13. The fraction of sp³-hybridized carbons (Fsp3) is 0.684. The molecule has 1 atom stereocenters. The number of hydrogen-bond acceptors (Lipinski definition) is 4. The van der Waals surface area contributed by atoms with Crippen LogP contribution in [0, 0.1) is 0 Å². The maximum atomic E-state index is 5.66. The first-order valence-corrected chi connectivity index (χ1v) is 8.88. The number of hydrogen-bond donors (Lipinski definition) is 0. The fourth-order valence-electron chi connectivity index (χ4n) is 2.49. The highest BCUT2D eigenvalue weighted by atomic mass is 16.7. The summed E-state index contributed by atoms with van der Waals surface area (Å²) in [6.07, 6.45) is 6.45. The monoisotopic (exact) mass is 322 g/mol. The third-order valence-corrected chi connectivity index (χ3v) is 3.81. The van der Waals surface area contributed by atoms with Crippen LogP contribution in [-0.4, -0.2) is 39.3 Å². The predicted octanol–water partition coefficient (Wildman–Crippen LogP) is 3.93. The Morgan fingerprint density at radius 3 is 2.43 bits per heavy atom. The lowest BCUT2D eigenvalue weighted by molar-refractivity contribution is -0.164. The fourth-order valence-corrected chi connectivity index (χ4v) is 2.49. The zero-order chi connectivity index (χ0) is 16.0. The van der Waals surface area contributed by atoms with Gasteiger partial charge in [0.15, 0.2) is 6.29 Å². The van der Waals surface area contributed by atoms with Crippen molar-refractivity contribution in [2.45, 2.75) is 51.4 Å². The van der Waals surface area contributed by atoms with Crippen LogP contribution in [0.5, 0.6) is 0 Å².